The number of para-hydroxylation sites is 1. The van der Waals surface area contributed by atoms with Crippen molar-refractivity contribution in [2.45, 2.75) is 0 Å². The first-order valence-electron chi connectivity index (χ1n) is 4.55. The maximum absolute atomic E-state index is 10.3. The van der Waals surface area contributed by atoms with Crippen LogP contribution in [0.1, 0.15) is 5.56 Å². The number of carbonyl (C=O) groups excluding carboxylic acids is 1. The highest BCUT2D eigenvalue weighted by Gasteiger charge is 2.13. The van der Waals surface area contributed by atoms with Crippen LogP contribution < -0.4 is 14.6 Å². The summed E-state index contributed by atoms with van der Waals surface area (Å²) in [5.74, 6) is -0.00710. The van der Waals surface area contributed by atoms with Crippen LogP contribution >= 0.6 is 0 Å². The summed E-state index contributed by atoms with van der Waals surface area (Å²) in [4.78, 5) is 10.3. The third-order valence-electron chi connectivity index (χ3n) is 2.00. The molecule has 15 heavy (non-hydrogen) atoms. The molecule has 0 spiro atoms. The molecule has 0 aromatic heterocycles. The van der Waals surface area contributed by atoms with Crippen LogP contribution in [0, 0.1) is 0 Å². The molecule has 4 nitrogen and oxygen atoms in total. The average Bonchev–Trinajstić information content (AvgIpc) is 2.26. The van der Waals surface area contributed by atoms with Crippen LogP contribution in [0.5, 0.6) is 11.5 Å². The van der Waals surface area contributed by atoms with E-state index >= 15 is 0 Å². The molecule has 1 aromatic rings. The van der Waals surface area contributed by atoms with Crippen molar-refractivity contribution < 1.29 is 19.4 Å². The van der Waals surface area contributed by atoms with Gasteiger partial charge in [-0.05, 0) is 18.2 Å². The van der Waals surface area contributed by atoms with Crippen molar-refractivity contribution in [2.75, 3.05) is 13.2 Å². The lowest BCUT2D eigenvalue weighted by molar-refractivity contribution is -0.297. The normalized spacial score (nSPS) is 14.1. The first kappa shape index (κ1) is 9.58. The summed E-state index contributed by atoms with van der Waals surface area (Å²) in [5.41, 5.74) is 0.677. The fourth-order valence-electron chi connectivity index (χ4n) is 1.39. The quantitative estimate of drug-likeness (QED) is 0.648. The van der Waals surface area contributed by atoms with Crippen LogP contribution in [0.15, 0.2) is 24.3 Å². The molecule has 4 heteroatoms. The lowest BCUT2D eigenvalue weighted by atomic mass is 10.1. The molecule has 0 bridgehead atoms. The number of benzene rings is 1. The molecule has 1 aliphatic rings. The number of hydrogen-bond donors (Lipinski definition) is 0. The summed E-state index contributed by atoms with van der Waals surface area (Å²) in [5, 5.41) is 10.3. The van der Waals surface area contributed by atoms with Gasteiger partial charge in [-0.15, -0.1) is 0 Å². The number of fused-ring (bicyclic) bond motifs is 1. The standard InChI is InChI=1S/C11H10O4/c12-10(13)5-4-8-2-1-3-9-11(8)15-7-6-14-9/h1-5H,6-7H2,(H,12,13)/p-1/b5-4+. The fourth-order valence-corrected chi connectivity index (χ4v) is 1.39. The number of carbonyl (C=O) groups is 1. The van der Waals surface area contributed by atoms with E-state index in [9.17, 15) is 9.90 Å². The van der Waals surface area contributed by atoms with Crippen LogP contribution in [0.2, 0.25) is 0 Å². The lowest BCUT2D eigenvalue weighted by Gasteiger charge is -2.19. The Bertz CT molecular complexity index is 409. The summed E-state index contributed by atoms with van der Waals surface area (Å²) in [6, 6.07) is 5.32. The molecule has 2 rings (SSSR count). The summed E-state index contributed by atoms with van der Waals surface area (Å²) in [6.45, 7) is 0.990. The van der Waals surface area contributed by atoms with Gasteiger partial charge in [0.2, 0.25) is 0 Å². The Morgan fingerprint density at radius 3 is 2.93 bits per heavy atom. The molecule has 0 fully saturated rings. The number of ether oxygens (including phenoxy) is 2. The molecule has 0 N–H and O–H groups in total. The van der Waals surface area contributed by atoms with Crippen molar-refractivity contribution in [3.8, 4) is 11.5 Å². The molecule has 0 amide bonds. The molecular weight excluding hydrogens is 196 g/mol. The van der Waals surface area contributed by atoms with Gasteiger partial charge in [-0.3, -0.25) is 0 Å². The van der Waals surface area contributed by atoms with E-state index in [0.717, 1.165) is 6.08 Å². The van der Waals surface area contributed by atoms with Crippen molar-refractivity contribution in [1.29, 1.82) is 0 Å². The Morgan fingerprint density at radius 1 is 1.33 bits per heavy atom. The van der Waals surface area contributed by atoms with Gasteiger partial charge in [-0.2, -0.15) is 0 Å². The van der Waals surface area contributed by atoms with E-state index in [-0.39, 0.29) is 0 Å². The Hall–Kier alpha value is -1.97. The van der Waals surface area contributed by atoms with Gasteiger partial charge in [0.25, 0.3) is 0 Å². The average molecular weight is 205 g/mol. The van der Waals surface area contributed by atoms with Gasteiger partial charge in [-0.25, -0.2) is 0 Å². The monoisotopic (exact) mass is 205 g/mol. The number of aliphatic carboxylic acids is 1. The van der Waals surface area contributed by atoms with Gasteiger partial charge in [0, 0.05) is 5.56 Å². The molecule has 0 unspecified atom stereocenters. The van der Waals surface area contributed by atoms with Crippen molar-refractivity contribution in [3.05, 3.63) is 29.8 Å². The SMILES string of the molecule is O=C([O-])/C=C/c1cccc2c1OCCO2. The van der Waals surface area contributed by atoms with E-state index in [4.69, 9.17) is 9.47 Å². The topological polar surface area (TPSA) is 58.6 Å². The minimum absolute atomic E-state index is 0.475. The number of carboxylic acid groups (broad SMARTS) is 1. The number of hydrogen-bond acceptors (Lipinski definition) is 4. The predicted molar refractivity (Wildman–Crippen MR) is 51.5 cm³/mol. The fraction of sp³-hybridized carbons (Fsp3) is 0.182. The van der Waals surface area contributed by atoms with E-state index in [1.54, 1.807) is 18.2 Å². The maximum Gasteiger partial charge on any atom is 0.168 e. The Labute approximate surface area is 86.7 Å². The summed E-state index contributed by atoms with van der Waals surface area (Å²) in [7, 11) is 0. The van der Waals surface area contributed by atoms with Crippen molar-refractivity contribution in [1.82, 2.24) is 0 Å². The highest BCUT2D eigenvalue weighted by Crippen LogP contribution is 2.34. The van der Waals surface area contributed by atoms with Gasteiger partial charge < -0.3 is 19.4 Å². The van der Waals surface area contributed by atoms with Gasteiger partial charge in [0.1, 0.15) is 13.2 Å². The van der Waals surface area contributed by atoms with Crippen LogP contribution in [0.4, 0.5) is 0 Å². The van der Waals surface area contributed by atoms with Gasteiger partial charge in [0.05, 0.1) is 5.97 Å². The second kappa shape index (κ2) is 4.04. The molecule has 0 saturated heterocycles. The molecular formula is C11H9O4-. The molecule has 78 valence electrons. The second-order valence-electron chi connectivity index (χ2n) is 3.02. The molecule has 0 atom stereocenters. The largest absolute Gasteiger partial charge is 0.545 e. The van der Waals surface area contributed by atoms with Gasteiger partial charge >= 0.3 is 0 Å². The number of carboxylic acids is 1. The highest BCUT2D eigenvalue weighted by molar-refractivity contribution is 5.84. The molecule has 1 aliphatic heterocycles. The zero-order valence-electron chi connectivity index (χ0n) is 7.93. The molecule has 1 heterocycles. The second-order valence-corrected chi connectivity index (χ2v) is 3.02. The van der Waals surface area contributed by atoms with Crippen LogP contribution in [-0.4, -0.2) is 19.2 Å². The van der Waals surface area contributed by atoms with Crippen LogP contribution in [-0.2, 0) is 4.79 Å². The third kappa shape index (κ3) is 2.10. The lowest BCUT2D eigenvalue weighted by Crippen LogP contribution is -2.18. The first-order chi connectivity index (χ1) is 7.27. The zero-order valence-corrected chi connectivity index (χ0v) is 7.93. The van der Waals surface area contributed by atoms with E-state index in [1.165, 1.54) is 6.08 Å². The van der Waals surface area contributed by atoms with Gasteiger partial charge in [0.15, 0.2) is 11.5 Å². The van der Waals surface area contributed by atoms with E-state index < -0.39 is 5.97 Å². The molecule has 1 aromatic carbocycles. The maximum atomic E-state index is 10.3. The Balaban J connectivity index is 2.35. The predicted octanol–water partition coefficient (Wildman–Crippen LogP) is 0.221. The molecule has 0 radical (unpaired) electrons. The molecule has 0 aliphatic carbocycles. The Kier molecular flexibility index (Phi) is 2.58. The van der Waals surface area contributed by atoms with Crippen LogP contribution in [0.25, 0.3) is 6.08 Å². The number of rotatable bonds is 2. The highest BCUT2D eigenvalue weighted by atomic mass is 16.6. The minimum atomic E-state index is -1.23. The van der Waals surface area contributed by atoms with E-state index in [0.29, 0.717) is 30.3 Å². The van der Waals surface area contributed by atoms with E-state index in [1.807, 2.05) is 0 Å². The third-order valence-corrected chi connectivity index (χ3v) is 2.00. The van der Waals surface area contributed by atoms with Crippen molar-refractivity contribution >= 4 is 12.0 Å². The molecule has 0 saturated carbocycles. The summed E-state index contributed by atoms with van der Waals surface area (Å²) in [6.07, 6.45) is 2.40. The van der Waals surface area contributed by atoms with Gasteiger partial charge in [-0.1, -0.05) is 12.1 Å². The van der Waals surface area contributed by atoms with Crippen molar-refractivity contribution in [2.24, 2.45) is 0 Å². The first-order valence-corrected chi connectivity index (χ1v) is 4.55. The zero-order chi connectivity index (χ0) is 10.7. The Morgan fingerprint density at radius 2 is 2.13 bits per heavy atom. The smallest absolute Gasteiger partial charge is 0.168 e. The minimum Gasteiger partial charge on any atom is -0.545 e. The summed E-state index contributed by atoms with van der Waals surface area (Å²) >= 11 is 0. The van der Waals surface area contributed by atoms with E-state index in [2.05, 4.69) is 0 Å². The summed E-state index contributed by atoms with van der Waals surface area (Å²) < 4.78 is 10.7. The van der Waals surface area contributed by atoms with Crippen LogP contribution in [0.3, 0.4) is 0 Å². The van der Waals surface area contributed by atoms with Crippen molar-refractivity contribution in [3.63, 3.8) is 0 Å².